The van der Waals surface area contributed by atoms with E-state index in [0.29, 0.717) is 17.7 Å². The standard InChI is InChI=1S/C21H26F3N3O4/c1-4-6-13(10-18(28)29)14-7-8-16(19(31-5-2)21(22,23)24)17(9-14)27-15-11-25-20(30-3)26-12-15/h7-9,11-13,19,27H,4-6,10H2,1-3H3,(H,28,29)/t13?,19-/m1/s1. The summed E-state index contributed by atoms with van der Waals surface area (Å²) in [4.78, 5) is 19.2. The molecule has 10 heteroatoms. The van der Waals surface area contributed by atoms with E-state index in [0.717, 1.165) is 6.42 Å². The number of methoxy groups -OCH3 is 1. The number of carboxylic acids is 1. The van der Waals surface area contributed by atoms with Crippen LogP contribution >= 0.6 is 0 Å². The average Bonchev–Trinajstić information content (AvgIpc) is 2.71. The van der Waals surface area contributed by atoms with Crippen LogP contribution in [0.25, 0.3) is 0 Å². The lowest BCUT2D eigenvalue weighted by molar-refractivity contribution is -0.222. The summed E-state index contributed by atoms with van der Waals surface area (Å²) in [5.41, 5.74) is 1.01. The van der Waals surface area contributed by atoms with Crippen molar-refractivity contribution in [2.45, 2.75) is 51.3 Å². The van der Waals surface area contributed by atoms with Crippen molar-refractivity contribution in [3.05, 3.63) is 41.7 Å². The van der Waals surface area contributed by atoms with E-state index < -0.39 is 18.2 Å². The van der Waals surface area contributed by atoms with Crippen LogP contribution in [0.3, 0.4) is 0 Å². The Hall–Kier alpha value is -2.88. The lowest BCUT2D eigenvalue weighted by Gasteiger charge is -2.25. The summed E-state index contributed by atoms with van der Waals surface area (Å²) in [6.07, 6.45) is -2.80. The molecule has 2 N–H and O–H groups in total. The number of ether oxygens (including phenoxy) is 2. The summed E-state index contributed by atoms with van der Waals surface area (Å²) >= 11 is 0. The Morgan fingerprint density at radius 2 is 1.90 bits per heavy atom. The predicted molar refractivity (Wildman–Crippen MR) is 109 cm³/mol. The van der Waals surface area contributed by atoms with Crippen LogP contribution in [0.5, 0.6) is 6.01 Å². The molecule has 0 spiro atoms. The maximum absolute atomic E-state index is 13.7. The molecule has 0 aliphatic rings. The van der Waals surface area contributed by atoms with E-state index in [-0.39, 0.29) is 36.2 Å². The minimum atomic E-state index is -4.63. The van der Waals surface area contributed by atoms with Gasteiger partial charge in [0.1, 0.15) is 0 Å². The Kier molecular flexibility index (Phi) is 8.61. The number of hydrogen-bond donors (Lipinski definition) is 2. The first-order valence-corrected chi connectivity index (χ1v) is 9.86. The minimum Gasteiger partial charge on any atom is -0.481 e. The number of aromatic nitrogens is 2. The molecule has 1 heterocycles. The Morgan fingerprint density at radius 3 is 2.42 bits per heavy atom. The SMILES string of the molecule is CCCC(CC(=O)O)c1ccc([C@@H](OCC)C(F)(F)F)c(Nc2cnc(OC)nc2)c1. The molecule has 0 saturated heterocycles. The second kappa shape index (κ2) is 10.9. The highest BCUT2D eigenvalue weighted by Crippen LogP contribution is 2.41. The van der Waals surface area contributed by atoms with Crippen molar-refractivity contribution in [1.29, 1.82) is 0 Å². The first-order chi connectivity index (χ1) is 14.7. The Balaban J connectivity index is 2.53. The highest BCUT2D eigenvalue weighted by atomic mass is 19.4. The zero-order chi connectivity index (χ0) is 23.0. The monoisotopic (exact) mass is 441 g/mol. The Labute approximate surface area is 178 Å². The van der Waals surface area contributed by atoms with Gasteiger partial charge >= 0.3 is 18.2 Å². The fraction of sp³-hybridized carbons (Fsp3) is 0.476. The molecule has 0 bridgehead atoms. The molecule has 0 amide bonds. The summed E-state index contributed by atoms with van der Waals surface area (Å²) in [5, 5.41) is 12.1. The van der Waals surface area contributed by atoms with Crippen molar-refractivity contribution in [1.82, 2.24) is 9.97 Å². The van der Waals surface area contributed by atoms with Crippen molar-refractivity contribution in [3.8, 4) is 6.01 Å². The molecule has 0 aliphatic heterocycles. The van der Waals surface area contributed by atoms with Crippen molar-refractivity contribution in [2.24, 2.45) is 0 Å². The minimum absolute atomic E-state index is 0.112. The fourth-order valence-electron chi connectivity index (χ4n) is 3.28. The van der Waals surface area contributed by atoms with Crippen LogP contribution < -0.4 is 10.1 Å². The van der Waals surface area contributed by atoms with Gasteiger partial charge in [0.05, 0.1) is 31.6 Å². The number of halogens is 3. The number of nitrogens with zero attached hydrogens (tertiary/aromatic N) is 2. The molecule has 7 nitrogen and oxygen atoms in total. The van der Waals surface area contributed by atoms with Gasteiger partial charge in [0, 0.05) is 17.9 Å². The van der Waals surface area contributed by atoms with Crippen LogP contribution in [-0.2, 0) is 9.53 Å². The van der Waals surface area contributed by atoms with E-state index in [9.17, 15) is 23.1 Å². The number of anilines is 2. The van der Waals surface area contributed by atoms with Gasteiger partial charge in [-0.1, -0.05) is 25.5 Å². The van der Waals surface area contributed by atoms with Crippen LogP contribution in [0.1, 0.15) is 56.3 Å². The fourth-order valence-corrected chi connectivity index (χ4v) is 3.28. The lowest BCUT2D eigenvalue weighted by atomic mass is 9.89. The highest BCUT2D eigenvalue weighted by molar-refractivity contribution is 5.69. The number of aliphatic carboxylic acids is 1. The number of carboxylic acid groups (broad SMARTS) is 1. The Morgan fingerprint density at radius 1 is 1.23 bits per heavy atom. The molecule has 1 aromatic heterocycles. The van der Waals surface area contributed by atoms with Gasteiger partial charge in [-0.25, -0.2) is 9.97 Å². The largest absolute Gasteiger partial charge is 0.481 e. The number of alkyl halides is 3. The topological polar surface area (TPSA) is 93.6 Å². The third kappa shape index (κ3) is 6.81. The van der Waals surface area contributed by atoms with Gasteiger partial charge in [-0.05, 0) is 30.9 Å². The molecule has 0 saturated carbocycles. The number of carbonyl (C=O) groups is 1. The molecule has 2 aromatic rings. The maximum atomic E-state index is 13.7. The molecule has 31 heavy (non-hydrogen) atoms. The van der Waals surface area contributed by atoms with Gasteiger partial charge in [0.25, 0.3) is 0 Å². The van der Waals surface area contributed by atoms with Crippen molar-refractivity contribution < 1.29 is 32.5 Å². The number of rotatable bonds is 11. The van der Waals surface area contributed by atoms with Gasteiger partial charge in [-0.3, -0.25) is 4.79 Å². The highest BCUT2D eigenvalue weighted by Gasteiger charge is 2.43. The smallest absolute Gasteiger partial charge is 0.418 e. The first kappa shape index (κ1) is 24.4. The zero-order valence-electron chi connectivity index (χ0n) is 17.6. The molecule has 0 fully saturated rings. The third-order valence-corrected chi connectivity index (χ3v) is 4.61. The van der Waals surface area contributed by atoms with E-state index in [4.69, 9.17) is 9.47 Å². The molecule has 170 valence electrons. The van der Waals surface area contributed by atoms with Crippen LogP contribution in [0.2, 0.25) is 0 Å². The maximum Gasteiger partial charge on any atom is 0.418 e. The number of hydrogen-bond acceptors (Lipinski definition) is 6. The normalized spacial score (nSPS) is 13.5. The zero-order valence-corrected chi connectivity index (χ0v) is 17.6. The third-order valence-electron chi connectivity index (χ3n) is 4.61. The predicted octanol–water partition coefficient (Wildman–Crippen LogP) is 5.23. The second-order valence-electron chi connectivity index (χ2n) is 6.89. The van der Waals surface area contributed by atoms with E-state index in [1.54, 1.807) is 6.07 Å². The molecule has 1 unspecified atom stereocenters. The molecule has 2 rings (SSSR count). The second-order valence-corrected chi connectivity index (χ2v) is 6.89. The quantitative estimate of drug-likeness (QED) is 0.493. The lowest BCUT2D eigenvalue weighted by Crippen LogP contribution is -2.24. The van der Waals surface area contributed by atoms with Crippen molar-refractivity contribution in [2.75, 3.05) is 19.0 Å². The number of nitrogens with one attached hydrogen (secondary N) is 1. The van der Waals surface area contributed by atoms with E-state index in [1.165, 1.54) is 38.6 Å². The molecule has 1 aromatic carbocycles. The average molecular weight is 441 g/mol. The summed E-state index contributed by atoms with van der Waals surface area (Å²) in [5.74, 6) is -1.30. The summed E-state index contributed by atoms with van der Waals surface area (Å²) in [7, 11) is 1.40. The molecule has 0 radical (unpaired) electrons. The molecule has 0 aliphatic carbocycles. The van der Waals surface area contributed by atoms with E-state index in [2.05, 4.69) is 15.3 Å². The van der Waals surface area contributed by atoms with Crippen molar-refractivity contribution in [3.63, 3.8) is 0 Å². The summed E-state index contributed by atoms with van der Waals surface area (Å²) in [6.45, 7) is 3.28. The summed E-state index contributed by atoms with van der Waals surface area (Å²) < 4.78 is 51.0. The van der Waals surface area contributed by atoms with E-state index in [1.807, 2.05) is 6.92 Å². The van der Waals surface area contributed by atoms with E-state index >= 15 is 0 Å². The summed E-state index contributed by atoms with van der Waals surface area (Å²) in [6, 6.07) is 4.53. The van der Waals surface area contributed by atoms with Gasteiger partial charge in [0.2, 0.25) is 0 Å². The number of benzene rings is 1. The van der Waals surface area contributed by atoms with Gasteiger partial charge in [-0.15, -0.1) is 0 Å². The van der Waals surface area contributed by atoms with Crippen LogP contribution in [0, 0.1) is 0 Å². The molecular weight excluding hydrogens is 415 g/mol. The molecule has 2 atom stereocenters. The Bertz CT molecular complexity index is 860. The van der Waals surface area contributed by atoms with Crippen LogP contribution in [0.15, 0.2) is 30.6 Å². The van der Waals surface area contributed by atoms with Crippen LogP contribution in [-0.4, -0.2) is 40.9 Å². The van der Waals surface area contributed by atoms with Gasteiger partial charge in [0.15, 0.2) is 6.10 Å². The van der Waals surface area contributed by atoms with Gasteiger partial charge < -0.3 is 19.9 Å². The van der Waals surface area contributed by atoms with Crippen molar-refractivity contribution >= 4 is 17.3 Å². The molecular formula is C21H26F3N3O4. The van der Waals surface area contributed by atoms with Crippen LogP contribution in [0.4, 0.5) is 24.5 Å². The first-order valence-electron chi connectivity index (χ1n) is 9.86. The van der Waals surface area contributed by atoms with Gasteiger partial charge in [-0.2, -0.15) is 13.2 Å².